The summed E-state index contributed by atoms with van der Waals surface area (Å²) in [6.45, 7) is 0.574. The molecule has 0 bridgehead atoms. The first kappa shape index (κ1) is 16.3. The number of rotatable bonds is 6. The second-order valence-corrected chi connectivity index (χ2v) is 6.32. The van der Waals surface area contributed by atoms with Gasteiger partial charge < -0.3 is 10.1 Å². The van der Waals surface area contributed by atoms with E-state index in [1.807, 2.05) is 47.8 Å². The molecule has 1 aromatic carbocycles. The first-order valence-electron chi connectivity index (χ1n) is 7.66. The minimum absolute atomic E-state index is 0.110. The molecular formula is C18H19N3O2S. The van der Waals surface area contributed by atoms with Gasteiger partial charge in [0.15, 0.2) is 0 Å². The second-order valence-electron chi connectivity index (χ2n) is 5.37. The number of aryl methyl sites for hydroxylation is 1. The summed E-state index contributed by atoms with van der Waals surface area (Å²) in [7, 11) is 3.43. The molecule has 6 heteroatoms. The van der Waals surface area contributed by atoms with E-state index in [9.17, 15) is 4.79 Å². The molecule has 0 spiro atoms. The van der Waals surface area contributed by atoms with Crippen molar-refractivity contribution in [3.8, 4) is 16.3 Å². The summed E-state index contributed by atoms with van der Waals surface area (Å²) >= 11 is 1.61. The van der Waals surface area contributed by atoms with E-state index >= 15 is 0 Å². The Balaban J connectivity index is 1.58. The maximum absolute atomic E-state index is 12.4. The standard InChI is InChI=1S/C18H19N3O2S/c1-21-16(12-15(20-21)17-4-3-11-24-17)18(22)19-10-9-13-5-7-14(23-2)8-6-13/h3-8,11-12H,9-10H2,1-2H3,(H,19,22). The number of carbonyl (C=O) groups is 1. The number of carbonyl (C=O) groups excluding carboxylic acids is 1. The van der Waals surface area contributed by atoms with Crippen molar-refractivity contribution in [2.45, 2.75) is 6.42 Å². The van der Waals surface area contributed by atoms with Crippen LogP contribution in [0.1, 0.15) is 16.1 Å². The quantitative estimate of drug-likeness (QED) is 0.749. The molecule has 1 N–H and O–H groups in total. The van der Waals surface area contributed by atoms with Crippen LogP contribution in [-0.4, -0.2) is 29.3 Å². The summed E-state index contributed by atoms with van der Waals surface area (Å²) in [5.41, 5.74) is 2.54. The van der Waals surface area contributed by atoms with E-state index in [4.69, 9.17) is 4.74 Å². The van der Waals surface area contributed by atoms with Crippen molar-refractivity contribution in [3.63, 3.8) is 0 Å². The highest BCUT2D eigenvalue weighted by Gasteiger charge is 2.14. The fraction of sp³-hybridized carbons (Fsp3) is 0.222. The molecule has 0 aliphatic rings. The van der Waals surface area contributed by atoms with Crippen LogP contribution >= 0.6 is 11.3 Å². The van der Waals surface area contributed by atoms with Gasteiger partial charge in [-0.3, -0.25) is 9.48 Å². The van der Waals surface area contributed by atoms with Gasteiger partial charge in [-0.05, 0) is 41.6 Å². The van der Waals surface area contributed by atoms with Crippen molar-refractivity contribution < 1.29 is 9.53 Å². The lowest BCUT2D eigenvalue weighted by atomic mass is 10.1. The Morgan fingerprint density at radius 3 is 2.75 bits per heavy atom. The van der Waals surface area contributed by atoms with Crippen LogP contribution < -0.4 is 10.1 Å². The molecule has 0 aliphatic heterocycles. The minimum atomic E-state index is -0.110. The van der Waals surface area contributed by atoms with Crippen molar-refractivity contribution in [2.75, 3.05) is 13.7 Å². The second kappa shape index (κ2) is 7.31. The van der Waals surface area contributed by atoms with E-state index in [2.05, 4.69) is 10.4 Å². The van der Waals surface area contributed by atoms with E-state index in [1.54, 1.807) is 30.2 Å². The molecule has 124 valence electrons. The summed E-state index contributed by atoms with van der Waals surface area (Å²) < 4.78 is 6.76. The molecule has 0 saturated carbocycles. The maximum Gasteiger partial charge on any atom is 0.269 e. The van der Waals surface area contributed by atoms with Gasteiger partial charge in [0.1, 0.15) is 17.1 Å². The molecule has 5 nitrogen and oxygen atoms in total. The molecule has 0 unspecified atom stereocenters. The predicted octanol–water partition coefficient (Wildman–Crippen LogP) is 3.13. The Morgan fingerprint density at radius 2 is 2.08 bits per heavy atom. The van der Waals surface area contributed by atoms with E-state index in [-0.39, 0.29) is 5.91 Å². The summed E-state index contributed by atoms with van der Waals surface area (Å²) in [5, 5.41) is 9.36. The zero-order valence-corrected chi connectivity index (χ0v) is 14.5. The lowest BCUT2D eigenvalue weighted by Crippen LogP contribution is -2.27. The number of amides is 1. The van der Waals surface area contributed by atoms with Crippen LogP contribution in [0, 0.1) is 0 Å². The van der Waals surface area contributed by atoms with Crippen LogP contribution in [0.15, 0.2) is 47.8 Å². The maximum atomic E-state index is 12.4. The van der Waals surface area contributed by atoms with Gasteiger partial charge in [-0.25, -0.2) is 0 Å². The Bertz CT molecular complexity index is 807. The van der Waals surface area contributed by atoms with Crippen molar-refractivity contribution in [3.05, 3.63) is 59.1 Å². The van der Waals surface area contributed by atoms with Gasteiger partial charge in [0.25, 0.3) is 5.91 Å². The highest BCUT2D eigenvalue weighted by molar-refractivity contribution is 7.13. The summed E-state index contributed by atoms with van der Waals surface area (Å²) in [6, 6.07) is 13.7. The third kappa shape index (κ3) is 3.65. The summed E-state index contributed by atoms with van der Waals surface area (Å²) in [5.74, 6) is 0.722. The van der Waals surface area contributed by atoms with Gasteiger partial charge in [-0.15, -0.1) is 11.3 Å². The van der Waals surface area contributed by atoms with Crippen LogP contribution in [0.2, 0.25) is 0 Å². The molecular weight excluding hydrogens is 322 g/mol. The third-order valence-corrected chi connectivity index (χ3v) is 4.64. The molecule has 2 aromatic heterocycles. The van der Waals surface area contributed by atoms with Crippen molar-refractivity contribution in [1.82, 2.24) is 15.1 Å². The Labute approximate surface area is 144 Å². The average molecular weight is 341 g/mol. The molecule has 2 heterocycles. The van der Waals surface area contributed by atoms with Gasteiger partial charge >= 0.3 is 0 Å². The van der Waals surface area contributed by atoms with Gasteiger partial charge in [0, 0.05) is 13.6 Å². The monoisotopic (exact) mass is 341 g/mol. The van der Waals surface area contributed by atoms with Crippen LogP contribution in [0.3, 0.4) is 0 Å². The van der Waals surface area contributed by atoms with Gasteiger partial charge in [-0.1, -0.05) is 18.2 Å². The molecule has 0 radical (unpaired) electrons. The van der Waals surface area contributed by atoms with Gasteiger partial charge in [0.05, 0.1) is 12.0 Å². The molecule has 0 atom stereocenters. The first-order valence-corrected chi connectivity index (χ1v) is 8.54. The normalized spacial score (nSPS) is 10.6. The fourth-order valence-electron chi connectivity index (χ4n) is 2.43. The van der Waals surface area contributed by atoms with Crippen molar-refractivity contribution in [1.29, 1.82) is 0 Å². The highest BCUT2D eigenvalue weighted by atomic mass is 32.1. The molecule has 3 aromatic rings. The number of thiophene rings is 1. The van der Waals surface area contributed by atoms with Crippen LogP contribution in [0.4, 0.5) is 0 Å². The molecule has 1 amide bonds. The number of methoxy groups -OCH3 is 1. The van der Waals surface area contributed by atoms with Crippen molar-refractivity contribution >= 4 is 17.2 Å². The van der Waals surface area contributed by atoms with Crippen LogP contribution in [0.25, 0.3) is 10.6 Å². The summed E-state index contributed by atoms with van der Waals surface area (Å²) in [6.07, 6.45) is 0.769. The number of benzene rings is 1. The zero-order chi connectivity index (χ0) is 16.9. The van der Waals surface area contributed by atoms with E-state index in [0.29, 0.717) is 12.2 Å². The number of ether oxygens (including phenoxy) is 1. The number of nitrogens with one attached hydrogen (secondary N) is 1. The molecule has 0 saturated heterocycles. The number of nitrogens with zero attached hydrogens (tertiary/aromatic N) is 2. The van der Waals surface area contributed by atoms with Crippen LogP contribution in [0.5, 0.6) is 5.75 Å². The smallest absolute Gasteiger partial charge is 0.269 e. The van der Waals surface area contributed by atoms with E-state index < -0.39 is 0 Å². The van der Waals surface area contributed by atoms with Gasteiger partial charge in [0.2, 0.25) is 0 Å². The van der Waals surface area contributed by atoms with Gasteiger partial charge in [-0.2, -0.15) is 5.10 Å². The first-order chi connectivity index (χ1) is 11.7. The lowest BCUT2D eigenvalue weighted by Gasteiger charge is -2.06. The number of hydrogen-bond acceptors (Lipinski definition) is 4. The number of aromatic nitrogens is 2. The third-order valence-electron chi connectivity index (χ3n) is 3.74. The minimum Gasteiger partial charge on any atom is -0.497 e. The lowest BCUT2D eigenvalue weighted by molar-refractivity contribution is 0.0944. The zero-order valence-electron chi connectivity index (χ0n) is 13.7. The molecule has 24 heavy (non-hydrogen) atoms. The Kier molecular flexibility index (Phi) is 4.96. The van der Waals surface area contributed by atoms with Crippen molar-refractivity contribution in [2.24, 2.45) is 7.05 Å². The fourth-order valence-corrected chi connectivity index (χ4v) is 3.11. The molecule has 3 rings (SSSR count). The molecule has 0 aliphatic carbocycles. The molecule has 0 fully saturated rings. The average Bonchev–Trinajstić information content (AvgIpc) is 3.25. The van der Waals surface area contributed by atoms with E-state index in [1.165, 1.54) is 0 Å². The number of hydrogen-bond donors (Lipinski definition) is 1. The Hall–Kier alpha value is -2.60. The largest absolute Gasteiger partial charge is 0.497 e. The predicted molar refractivity (Wildman–Crippen MR) is 95.6 cm³/mol. The topological polar surface area (TPSA) is 56.1 Å². The highest BCUT2D eigenvalue weighted by Crippen LogP contribution is 2.23. The summed E-state index contributed by atoms with van der Waals surface area (Å²) in [4.78, 5) is 13.4. The SMILES string of the molecule is COc1ccc(CCNC(=O)c2cc(-c3cccs3)nn2C)cc1. The van der Waals surface area contributed by atoms with E-state index in [0.717, 1.165) is 28.3 Å². The Morgan fingerprint density at radius 1 is 1.29 bits per heavy atom. The van der Waals surface area contributed by atoms with Crippen LogP contribution in [-0.2, 0) is 13.5 Å².